The summed E-state index contributed by atoms with van der Waals surface area (Å²) in [6.45, 7) is -0.325. The molecule has 10 heteroatoms. The predicted octanol–water partition coefficient (Wildman–Crippen LogP) is 2.62. The Morgan fingerprint density at radius 3 is 2.68 bits per heavy atom. The van der Waals surface area contributed by atoms with Gasteiger partial charge in [0.1, 0.15) is 29.8 Å². The first-order valence-corrected chi connectivity index (χ1v) is 9.05. The summed E-state index contributed by atoms with van der Waals surface area (Å²) >= 11 is 0. The van der Waals surface area contributed by atoms with Crippen molar-refractivity contribution in [3.63, 3.8) is 0 Å². The molecule has 2 aromatic carbocycles. The van der Waals surface area contributed by atoms with Crippen LogP contribution in [0.25, 0.3) is 22.4 Å². The molecule has 0 fully saturated rings. The van der Waals surface area contributed by atoms with Gasteiger partial charge in [-0.1, -0.05) is 17.3 Å². The lowest BCUT2D eigenvalue weighted by molar-refractivity contribution is -0.116. The molecule has 156 valence electrons. The molecule has 0 radical (unpaired) electrons. The van der Waals surface area contributed by atoms with Crippen LogP contribution in [0.3, 0.4) is 0 Å². The van der Waals surface area contributed by atoms with E-state index in [9.17, 15) is 18.8 Å². The van der Waals surface area contributed by atoms with Gasteiger partial charge in [-0.3, -0.25) is 14.2 Å². The number of hydrogen-bond donors (Lipinski definition) is 1. The van der Waals surface area contributed by atoms with Crippen molar-refractivity contribution < 1.29 is 23.2 Å². The van der Waals surface area contributed by atoms with Gasteiger partial charge in [0.05, 0.1) is 12.7 Å². The van der Waals surface area contributed by atoms with E-state index in [2.05, 4.69) is 20.2 Å². The van der Waals surface area contributed by atoms with E-state index in [1.165, 1.54) is 55.9 Å². The maximum atomic E-state index is 13.6. The Hall–Kier alpha value is -4.34. The van der Waals surface area contributed by atoms with Crippen LogP contribution in [-0.4, -0.2) is 33.7 Å². The molecule has 4 rings (SSSR count). The zero-order valence-corrected chi connectivity index (χ0v) is 16.2. The molecule has 0 aliphatic carbocycles. The molecule has 0 saturated heterocycles. The van der Waals surface area contributed by atoms with E-state index in [-0.39, 0.29) is 23.3 Å². The maximum Gasteiger partial charge on any atom is 0.337 e. The largest absolute Gasteiger partial charge is 0.465 e. The summed E-state index contributed by atoms with van der Waals surface area (Å²) in [5.41, 5.74) is 0.695. The average molecular weight is 422 g/mol. The highest BCUT2D eigenvalue weighted by molar-refractivity contribution is 5.93. The molecular formula is C21H15FN4O5. The molecule has 4 aromatic rings. The first-order chi connectivity index (χ1) is 15.0. The fourth-order valence-corrected chi connectivity index (χ4v) is 2.99. The number of esters is 1. The van der Waals surface area contributed by atoms with Crippen LogP contribution in [0.15, 0.2) is 64.2 Å². The van der Waals surface area contributed by atoms with Crippen LogP contribution in [0.5, 0.6) is 0 Å². The molecule has 0 unspecified atom stereocenters. The second kappa shape index (κ2) is 8.19. The average Bonchev–Trinajstić information content (AvgIpc) is 3.21. The number of nitrogens with zero attached hydrogens (tertiary/aromatic N) is 3. The van der Waals surface area contributed by atoms with Crippen LogP contribution in [-0.2, 0) is 16.1 Å². The minimum atomic E-state index is -0.554. The van der Waals surface area contributed by atoms with Crippen molar-refractivity contribution in [3.05, 3.63) is 76.6 Å². The molecule has 1 N–H and O–H groups in total. The summed E-state index contributed by atoms with van der Waals surface area (Å²) in [6.07, 6.45) is 1.17. The van der Waals surface area contributed by atoms with E-state index in [1.54, 1.807) is 6.07 Å². The Balaban J connectivity index is 1.58. The second-order valence-electron chi connectivity index (χ2n) is 6.52. The molecule has 0 saturated carbocycles. The number of hydrogen-bond acceptors (Lipinski definition) is 7. The lowest BCUT2D eigenvalue weighted by Gasteiger charge is -2.08. The normalized spacial score (nSPS) is 10.8. The van der Waals surface area contributed by atoms with Crippen molar-refractivity contribution >= 4 is 28.7 Å². The van der Waals surface area contributed by atoms with Gasteiger partial charge in [-0.05, 0) is 36.4 Å². The number of methoxy groups -OCH3 is 1. The molecule has 0 atom stereocenters. The second-order valence-corrected chi connectivity index (χ2v) is 6.52. The van der Waals surface area contributed by atoms with Crippen LogP contribution in [0.1, 0.15) is 10.4 Å². The van der Waals surface area contributed by atoms with E-state index in [1.807, 2.05) is 0 Å². The summed E-state index contributed by atoms with van der Waals surface area (Å²) in [4.78, 5) is 40.8. The number of carbonyl (C=O) groups excluding carboxylic acids is 2. The first-order valence-electron chi connectivity index (χ1n) is 9.05. The zero-order valence-electron chi connectivity index (χ0n) is 16.2. The molecule has 2 heterocycles. The number of fused-ring (bicyclic) bond motifs is 1. The number of amides is 1. The van der Waals surface area contributed by atoms with Crippen molar-refractivity contribution in [2.75, 3.05) is 12.4 Å². The van der Waals surface area contributed by atoms with Crippen molar-refractivity contribution in [1.29, 1.82) is 0 Å². The van der Waals surface area contributed by atoms with Gasteiger partial charge in [-0.15, -0.1) is 0 Å². The molecule has 1 amide bonds. The molecule has 2 aromatic heterocycles. The number of benzene rings is 2. The highest BCUT2D eigenvalue weighted by Crippen LogP contribution is 2.24. The molecule has 0 aliphatic rings. The van der Waals surface area contributed by atoms with Crippen LogP contribution in [0.2, 0.25) is 0 Å². The van der Waals surface area contributed by atoms with E-state index in [4.69, 9.17) is 4.52 Å². The standard InChI is InChI=1S/C21H15FN4O5/c1-30-21(29)12-5-7-15(8-6-12)24-16(27)10-26-11-23-19-17(20(26)28)18(25-31-19)13-3-2-4-14(22)9-13/h2-9,11H,10H2,1H3,(H,24,27). The van der Waals surface area contributed by atoms with Gasteiger partial charge in [0.25, 0.3) is 11.3 Å². The molecule has 0 spiro atoms. The number of anilines is 1. The van der Waals surface area contributed by atoms with Gasteiger partial charge in [0.15, 0.2) is 0 Å². The monoisotopic (exact) mass is 422 g/mol. The summed E-state index contributed by atoms with van der Waals surface area (Å²) in [6, 6.07) is 11.6. The Labute approximate surface area is 174 Å². The lowest BCUT2D eigenvalue weighted by Crippen LogP contribution is -2.27. The summed E-state index contributed by atoms with van der Waals surface area (Å²) in [5, 5.41) is 6.50. The SMILES string of the molecule is COC(=O)c1ccc(NC(=O)Cn2cnc3onc(-c4cccc(F)c4)c3c2=O)cc1. The Bertz CT molecular complexity index is 1340. The summed E-state index contributed by atoms with van der Waals surface area (Å²) < 4.78 is 24.4. The van der Waals surface area contributed by atoms with Crippen molar-refractivity contribution in [1.82, 2.24) is 14.7 Å². The van der Waals surface area contributed by atoms with Crippen LogP contribution < -0.4 is 10.9 Å². The quantitative estimate of drug-likeness (QED) is 0.492. The highest BCUT2D eigenvalue weighted by atomic mass is 19.1. The number of aromatic nitrogens is 3. The fourth-order valence-electron chi connectivity index (χ4n) is 2.99. The van der Waals surface area contributed by atoms with Gasteiger partial charge in [-0.2, -0.15) is 0 Å². The third-order valence-electron chi connectivity index (χ3n) is 4.46. The molecule has 0 aliphatic heterocycles. The van der Waals surface area contributed by atoms with E-state index >= 15 is 0 Å². The van der Waals surface area contributed by atoms with Gasteiger partial charge >= 0.3 is 5.97 Å². The summed E-state index contributed by atoms with van der Waals surface area (Å²) in [7, 11) is 1.27. The van der Waals surface area contributed by atoms with Crippen LogP contribution in [0.4, 0.5) is 10.1 Å². The zero-order chi connectivity index (χ0) is 22.0. The number of ether oxygens (including phenoxy) is 1. The van der Waals surface area contributed by atoms with Gasteiger partial charge in [0.2, 0.25) is 5.91 Å². The molecule has 31 heavy (non-hydrogen) atoms. The predicted molar refractivity (Wildman–Crippen MR) is 108 cm³/mol. The highest BCUT2D eigenvalue weighted by Gasteiger charge is 2.18. The third kappa shape index (κ3) is 4.04. The van der Waals surface area contributed by atoms with Crippen molar-refractivity contribution in [3.8, 4) is 11.3 Å². The fraction of sp³-hybridized carbons (Fsp3) is 0.0952. The minimum absolute atomic E-state index is 0.0145. The molecule has 0 bridgehead atoms. The first kappa shape index (κ1) is 20.0. The smallest absolute Gasteiger partial charge is 0.337 e. The number of halogens is 1. The number of rotatable bonds is 5. The Morgan fingerprint density at radius 1 is 1.19 bits per heavy atom. The van der Waals surface area contributed by atoms with E-state index in [0.29, 0.717) is 16.8 Å². The minimum Gasteiger partial charge on any atom is -0.465 e. The Kier molecular flexibility index (Phi) is 5.27. The van der Waals surface area contributed by atoms with Crippen molar-refractivity contribution in [2.24, 2.45) is 0 Å². The molecular weight excluding hydrogens is 407 g/mol. The maximum absolute atomic E-state index is 13.6. The van der Waals surface area contributed by atoms with Crippen LogP contribution in [0, 0.1) is 5.82 Å². The number of nitrogens with one attached hydrogen (secondary N) is 1. The Morgan fingerprint density at radius 2 is 1.97 bits per heavy atom. The topological polar surface area (TPSA) is 116 Å². The number of carbonyl (C=O) groups is 2. The van der Waals surface area contributed by atoms with Gasteiger partial charge in [0, 0.05) is 11.3 Å². The van der Waals surface area contributed by atoms with Gasteiger partial charge in [-0.25, -0.2) is 14.2 Å². The van der Waals surface area contributed by atoms with Crippen LogP contribution >= 0.6 is 0 Å². The molecule has 9 nitrogen and oxygen atoms in total. The summed E-state index contributed by atoms with van der Waals surface area (Å²) in [5.74, 6) is -1.47. The third-order valence-corrected chi connectivity index (χ3v) is 4.46. The van der Waals surface area contributed by atoms with E-state index in [0.717, 1.165) is 4.57 Å². The van der Waals surface area contributed by atoms with E-state index < -0.39 is 23.3 Å². The van der Waals surface area contributed by atoms with Crippen molar-refractivity contribution in [2.45, 2.75) is 6.54 Å². The van der Waals surface area contributed by atoms with Gasteiger partial charge < -0.3 is 14.6 Å². The lowest BCUT2D eigenvalue weighted by atomic mass is 10.1.